The molecule has 0 bridgehead atoms. The topological polar surface area (TPSA) is 16.6 Å². The van der Waals surface area contributed by atoms with E-state index in [-0.39, 0.29) is 0 Å². The monoisotopic (exact) mass is 235 g/mol. The molecule has 0 radical (unpaired) electrons. The minimum absolute atomic E-state index is 0.552. The van der Waals surface area contributed by atoms with Crippen LogP contribution in [0.15, 0.2) is 12.2 Å². The van der Waals surface area contributed by atoms with E-state index in [1.807, 2.05) is 0 Å². The lowest BCUT2D eigenvalue weighted by Gasteiger charge is -2.42. The molecule has 2 aliphatic rings. The molecule has 1 heteroatoms. The van der Waals surface area contributed by atoms with E-state index in [1.54, 1.807) is 0 Å². The second-order valence-electron chi connectivity index (χ2n) is 6.90. The summed E-state index contributed by atoms with van der Waals surface area (Å²) in [6, 6.07) is 0.677. The van der Waals surface area contributed by atoms with Crippen LogP contribution in [0.1, 0.15) is 52.9 Å². The Bertz CT molecular complexity index is 294. The van der Waals surface area contributed by atoms with Gasteiger partial charge in [0.25, 0.3) is 0 Å². The molecule has 2 saturated carbocycles. The first-order valence-corrected chi connectivity index (χ1v) is 7.30. The Balaban J connectivity index is 2.22. The van der Waals surface area contributed by atoms with Crippen LogP contribution >= 0.6 is 0 Å². The van der Waals surface area contributed by atoms with Crippen molar-refractivity contribution in [1.82, 2.24) is 0 Å². The van der Waals surface area contributed by atoms with Crippen molar-refractivity contribution in [2.75, 3.05) is 0 Å². The summed E-state index contributed by atoms with van der Waals surface area (Å²) in [5.41, 5.74) is 2.09. The average molecular weight is 235 g/mol. The van der Waals surface area contributed by atoms with E-state index in [0.717, 1.165) is 17.8 Å². The van der Waals surface area contributed by atoms with Gasteiger partial charge in [-0.2, -0.15) is 7.05 Å². The first-order valence-electron chi connectivity index (χ1n) is 7.30. The minimum atomic E-state index is 0.552. The molecule has 2 rings (SSSR count). The maximum atomic E-state index is 4.39. The summed E-state index contributed by atoms with van der Waals surface area (Å²) in [6.45, 7) is 11.6. The molecule has 17 heavy (non-hydrogen) atoms. The van der Waals surface area contributed by atoms with Gasteiger partial charge in [-0.1, -0.05) is 32.9 Å². The van der Waals surface area contributed by atoms with Gasteiger partial charge in [0, 0.05) is 11.8 Å². The zero-order valence-corrected chi connectivity index (χ0v) is 11.8. The smallest absolute Gasteiger partial charge is 0.0677 e. The molecule has 0 aliphatic heterocycles. The molecule has 0 amide bonds. The summed E-state index contributed by atoms with van der Waals surface area (Å²) >= 11 is 0. The average Bonchev–Trinajstić information content (AvgIpc) is 2.58. The quantitative estimate of drug-likeness (QED) is 0.572. The molecule has 2 N–H and O–H groups in total. The third-order valence-electron chi connectivity index (χ3n) is 5.45. The van der Waals surface area contributed by atoms with Crippen molar-refractivity contribution in [2.24, 2.45) is 23.2 Å². The van der Waals surface area contributed by atoms with Gasteiger partial charge in [-0.15, -0.1) is 0 Å². The molecule has 2 aliphatic carbocycles. The van der Waals surface area contributed by atoms with E-state index < -0.39 is 0 Å². The summed E-state index contributed by atoms with van der Waals surface area (Å²) in [5.74, 6) is 2.29. The lowest BCUT2D eigenvalue weighted by molar-refractivity contribution is -0.649. The molecule has 1 nitrogen and oxygen atoms in total. The van der Waals surface area contributed by atoms with Gasteiger partial charge in [-0.05, 0) is 43.4 Å². The van der Waals surface area contributed by atoms with E-state index in [0.29, 0.717) is 11.5 Å². The highest BCUT2D eigenvalue weighted by Gasteiger charge is 2.50. The summed E-state index contributed by atoms with van der Waals surface area (Å²) in [4.78, 5) is 0. The van der Waals surface area contributed by atoms with Crippen LogP contribution in [0, 0.1) is 30.2 Å². The molecule has 0 heterocycles. The number of fused-ring (bicyclic) bond motifs is 1. The Morgan fingerprint density at radius 3 is 2.71 bits per heavy atom. The van der Waals surface area contributed by atoms with Gasteiger partial charge in [0.05, 0.1) is 6.04 Å². The highest BCUT2D eigenvalue weighted by Crippen LogP contribution is 2.57. The number of allylic oxidation sites excluding steroid dienone is 1. The molecular weight excluding hydrogens is 206 g/mol. The van der Waals surface area contributed by atoms with Crippen molar-refractivity contribution in [2.45, 2.75) is 58.9 Å². The fourth-order valence-electron chi connectivity index (χ4n) is 4.64. The largest absolute Gasteiger partial charge is 0.476 e. The van der Waals surface area contributed by atoms with Gasteiger partial charge in [0.2, 0.25) is 0 Å². The maximum Gasteiger partial charge on any atom is 0.0677 e. The molecule has 0 saturated heterocycles. The standard InChI is InChI=1S/C16H29N/c1-11(2)15(17-5)13-8-10-16(4)9-6-7-12(3)14(13)16/h11,13-15H,3,5-10,17H2,1-2,4H3. The lowest BCUT2D eigenvalue weighted by Crippen LogP contribution is -2.87. The second-order valence-corrected chi connectivity index (χ2v) is 6.90. The van der Waals surface area contributed by atoms with Gasteiger partial charge >= 0.3 is 0 Å². The summed E-state index contributed by atoms with van der Waals surface area (Å²) < 4.78 is 0. The van der Waals surface area contributed by atoms with Gasteiger partial charge in [0.1, 0.15) is 0 Å². The Hall–Kier alpha value is -0.300. The maximum absolute atomic E-state index is 4.39. The van der Waals surface area contributed by atoms with Crippen LogP contribution in [0.4, 0.5) is 0 Å². The van der Waals surface area contributed by atoms with Gasteiger partial charge in [-0.25, -0.2) is 0 Å². The number of rotatable bonds is 3. The lowest BCUT2D eigenvalue weighted by atomic mass is 9.64. The molecular formula is C16H29N. The van der Waals surface area contributed by atoms with E-state index >= 15 is 0 Å². The zero-order valence-electron chi connectivity index (χ0n) is 11.8. The predicted octanol–water partition coefficient (Wildman–Crippen LogP) is 3.14. The first-order chi connectivity index (χ1) is 7.99. The highest BCUT2D eigenvalue weighted by atomic mass is 14.9. The fraction of sp³-hybridized carbons (Fsp3) is 0.812. The van der Waals surface area contributed by atoms with Crippen LogP contribution in [-0.2, 0) is 0 Å². The molecule has 0 aromatic carbocycles. The van der Waals surface area contributed by atoms with Crippen molar-refractivity contribution in [3.63, 3.8) is 0 Å². The summed E-state index contributed by atoms with van der Waals surface area (Å²) in [5, 5.41) is 2.21. The SMILES string of the molecule is C=C1CCCC2(C)CCC(C([NH2+][CH2-])C(C)C)C12. The number of quaternary nitrogens is 1. The highest BCUT2D eigenvalue weighted by molar-refractivity contribution is 5.16. The zero-order chi connectivity index (χ0) is 12.6. The molecule has 0 spiro atoms. The van der Waals surface area contributed by atoms with Crippen LogP contribution in [0.3, 0.4) is 0 Å². The Morgan fingerprint density at radius 2 is 2.12 bits per heavy atom. The van der Waals surface area contributed by atoms with Gasteiger partial charge in [0.15, 0.2) is 0 Å². The number of nitrogens with two attached hydrogens (primary N) is 1. The Labute approximate surface area is 107 Å². The van der Waals surface area contributed by atoms with Gasteiger partial charge < -0.3 is 5.32 Å². The molecule has 2 fully saturated rings. The normalized spacial score (nSPS) is 39.5. The minimum Gasteiger partial charge on any atom is -0.476 e. The molecule has 4 atom stereocenters. The Kier molecular flexibility index (Phi) is 3.68. The third-order valence-corrected chi connectivity index (χ3v) is 5.45. The van der Waals surface area contributed by atoms with E-state index in [2.05, 4.69) is 39.7 Å². The van der Waals surface area contributed by atoms with Crippen molar-refractivity contribution in [3.05, 3.63) is 19.2 Å². The molecule has 4 unspecified atom stereocenters. The van der Waals surface area contributed by atoms with Crippen molar-refractivity contribution < 1.29 is 5.32 Å². The van der Waals surface area contributed by atoms with Crippen LogP contribution in [0.5, 0.6) is 0 Å². The first kappa shape index (κ1) is 13.1. The molecule has 98 valence electrons. The van der Waals surface area contributed by atoms with E-state index in [1.165, 1.54) is 37.7 Å². The van der Waals surface area contributed by atoms with Crippen LogP contribution in [0.25, 0.3) is 0 Å². The van der Waals surface area contributed by atoms with E-state index in [9.17, 15) is 0 Å². The molecule has 0 aromatic heterocycles. The van der Waals surface area contributed by atoms with Crippen molar-refractivity contribution in [3.8, 4) is 0 Å². The van der Waals surface area contributed by atoms with Crippen molar-refractivity contribution >= 4 is 0 Å². The summed E-state index contributed by atoms with van der Waals surface area (Å²) in [7, 11) is 4.08. The van der Waals surface area contributed by atoms with Crippen LogP contribution in [-0.4, -0.2) is 6.04 Å². The van der Waals surface area contributed by atoms with Gasteiger partial charge in [-0.3, -0.25) is 0 Å². The second kappa shape index (κ2) is 4.76. The third kappa shape index (κ3) is 2.19. The predicted molar refractivity (Wildman–Crippen MR) is 73.2 cm³/mol. The fourth-order valence-corrected chi connectivity index (χ4v) is 4.64. The Morgan fingerprint density at radius 1 is 1.41 bits per heavy atom. The van der Waals surface area contributed by atoms with E-state index in [4.69, 9.17) is 0 Å². The van der Waals surface area contributed by atoms with Crippen LogP contribution in [0.2, 0.25) is 0 Å². The molecule has 0 aromatic rings. The summed E-state index contributed by atoms with van der Waals surface area (Å²) in [6.07, 6.45) is 6.82. The number of hydrogen-bond donors (Lipinski definition) is 1. The van der Waals surface area contributed by atoms with Crippen molar-refractivity contribution in [1.29, 1.82) is 0 Å². The van der Waals surface area contributed by atoms with Crippen LogP contribution < -0.4 is 5.32 Å². The number of hydrogen-bond acceptors (Lipinski definition) is 0.